The molecule has 0 aliphatic heterocycles. The summed E-state index contributed by atoms with van der Waals surface area (Å²) < 4.78 is 0. The molecule has 2 aliphatic carbocycles. The number of phenols is 1. The fourth-order valence-corrected chi connectivity index (χ4v) is 5.33. The average molecular weight is 472 g/mol. The van der Waals surface area contributed by atoms with Gasteiger partial charge in [0.15, 0.2) is 0 Å². The molecule has 0 amide bonds. The van der Waals surface area contributed by atoms with Crippen LogP contribution in [0.3, 0.4) is 0 Å². The van der Waals surface area contributed by atoms with E-state index < -0.39 is 0 Å². The molecule has 1 nitrogen and oxygen atoms in total. The fraction of sp³-hybridized carbons (Fsp3) is 0.500. The van der Waals surface area contributed by atoms with Crippen LogP contribution in [0.25, 0.3) is 0 Å². The number of aryl methyl sites for hydroxylation is 1. The summed E-state index contributed by atoms with van der Waals surface area (Å²) in [6.45, 7) is 17.8. The van der Waals surface area contributed by atoms with Gasteiger partial charge < -0.3 is 27.4 Å². The Morgan fingerprint density at radius 2 is 1.38 bits per heavy atom. The van der Waals surface area contributed by atoms with Gasteiger partial charge >= 0.3 is 21.7 Å². The summed E-state index contributed by atoms with van der Waals surface area (Å²) in [6.07, 6.45) is 8.01. The fourth-order valence-electron chi connectivity index (χ4n) is 5.33. The van der Waals surface area contributed by atoms with Crippen molar-refractivity contribution in [1.82, 2.24) is 0 Å². The molecule has 1 fully saturated rings. The van der Waals surface area contributed by atoms with Gasteiger partial charge in [0.2, 0.25) is 0 Å². The van der Waals surface area contributed by atoms with E-state index in [4.69, 9.17) is 0 Å². The van der Waals surface area contributed by atoms with Crippen LogP contribution in [-0.4, -0.2) is 5.11 Å². The van der Waals surface area contributed by atoms with E-state index in [2.05, 4.69) is 79.7 Å². The molecule has 0 saturated heterocycles. The molecular weight excluding hydrogens is 424 g/mol. The third-order valence-corrected chi connectivity index (χ3v) is 7.00. The zero-order chi connectivity index (χ0) is 20.8. The molecule has 1 aromatic carbocycles. The zero-order valence-corrected chi connectivity index (χ0v) is 24.2. The molecule has 32 heavy (non-hydrogen) atoms. The van der Waals surface area contributed by atoms with Crippen molar-refractivity contribution in [2.75, 3.05) is 0 Å². The molecule has 2 unspecified atom stereocenters. The predicted molar refractivity (Wildman–Crippen MR) is 140 cm³/mol. The van der Waals surface area contributed by atoms with Gasteiger partial charge in [-0.15, -0.1) is 0 Å². The Kier molecular flexibility index (Phi) is 12.9. The van der Waals surface area contributed by atoms with E-state index in [1.54, 1.807) is 11.1 Å². The number of hydrogen-bond donors (Lipinski definition) is 1. The van der Waals surface area contributed by atoms with Crippen LogP contribution < -0.4 is 0 Å². The van der Waals surface area contributed by atoms with Gasteiger partial charge in [0.05, 0.1) is 0 Å². The average Bonchev–Trinajstić information content (AvgIpc) is 3.03. The minimum atomic E-state index is -0.0535. The second kappa shape index (κ2) is 12.4. The summed E-state index contributed by atoms with van der Waals surface area (Å²) in [5.41, 5.74) is 9.38. The van der Waals surface area contributed by atoms with Crippen molar-refractivity contribution in [2.24, 2.45) is 17.8 Å². The largest absolute Gasteiger partial charge is 3.00 e. The van der Waals surface area contributed by atoms with Crippen molar-refractivity contribution in [3.05, 3.63) is 85.5 Å². The molecule has 2 heteroatoms. The van der Waals surface area contributed by atoms with Gasteiger partial charge in [-0.1, -0.05) is 72.9 Å². The quantitative estimate of drug-likeness (QED) is 0.265. The minimum Gasteiger partial charge on any atom is -0.507 e. The number of fused-ring (bicyclic) bond motifs is 1. The van der Waals surface area contributed by atoms with E-state index in [-0.39, 0.29) is 49.4 Å². The van der Waals surface area contributed by atoms with Crippen LogP contribution >= 0.6 is 0 Å². The first-order valence-electron chi connectivity index (χ1n) is 10.8. The molecule has 1 aromatic rings. The summed E-state index contributed by atoms with van der Waals surface area (Å²) in [7, 11) is 0. The Morgan fingerprint density at radius 1 is 0.906 bits per heavy atom. The number of hydrogen-bond acceptors (Lipinski definition) is 1. The molecule has 0 aromatic heterocycles. The number of benzene rings is 1. The van der Waals surface area contributed by atoms with Crippen LogP contribution in [-0.2, 0) is 33.6 Å². The van der Waals surface area contributed by atoms with Crippen LogP contribution in [0.15, 0.2) is 46.6 Å². The Hall–Kier alpha value is -1.05. The van der Waals surface area contributed by atoms with E-state index in [0.29, 0.717) is 23.5 Å². The molecule has 2 aliphatic rings. The van der Waals surface area contributed by atoms with E-state index in [1.807, 2.05) is 0 Å². The maximum absolute atomic E-state index is 11.1. The second-order valence-corrected chi connectivity index (χ2v) is 10.5. The Bertz CT molecular complexity index is 834. The van der Waals surface area contributed by atoms with Gasteiger partial charge in [-0.3, -0.25) is 0 Å². The molecule has 0 spiro atoms. The SMILES string of the molecule is CC1=CC=C(C)C2CC(C(Cc3cc(C)cc(C(C)(C)C)c3O)=C(C)C)CC12.[CH3-].[CH3-].[CH3-].[Ti+3]. The molecule has 2 atom stereocenters. The van der Waals surface area contributed by atoms with Gasteiger partial charge in [-0.2, -0.15) is 0 Å². The molecule has 3 rings (SSSR count). The molecule has 0 bridgehead atoms. The first-order chi connectivity index (χ1) is 13.0. The van der Waals surface area contributed by atoms with Gasteiger partial charge in [0.25, 0.3) is 0 Å². The van der Waals surface area contributed by atoms with Crippen molar-refractivity contribution >= 4 is 0 Å². The van der Waals surface area contributed by atoms with Crippen molar-refractivity contribution in [3.8, 4) is 5.75 Å². The predicted octanol–water partition coefficient (Wildman–Crippen LogP) is 8.77. The molecule has 1 N–H and O–H groups in total. The van der Waals surface area contributed by atoms with Crippen LogP contribution in [0, 0.1) is 47.0 Å². The molecule has 1 radical (unpaired) electrons. The Labute approximate surface area is 215 Å². The second-order valence-electron chi connectivity index (χ2n) is 10.5. The summed E-state index contributed by atoms with van der Waals surface area (Å²) in [5, 5.41) is 11.1. The van der Waals surface area contributed by atoms with Crippen molar-refractivity contribution in [3.63, 3.8) is 0 Å². The van der Waals surface area contributed by atoms with Crippen molar-refractivity contribution < 1.29 is 26.8 Å². The van der Waals surface area contributed by atoms with Crippen LogP contribution in [0.4, 0.5) is 0 Å². The van der Waals surface area contributed by atoms with Gasteiger partial charge in [0, 0.05) is 0 Å². The molecular formula is C30H47OTi. The van der Waals surface area contributed by atoms with E-state index >= 15 is 0 Å². The van der Waals surface area contributed by atoms with Crippen LogP contribution in [0.5, 0.6) is 5.75 Å². The Balaban J connectivity index is 0. The van der Waals surface area contributed by atoms with Crippen LogP contribution in [0.2, 0.25) is 0 Å². The third kappa shape index (κ3) is 6.74. The maximum atomic E-state index is 11.1. The van der Waals surface area contributed by atoms with E-state index in [1.165, 1.54) is 29.6 Å². The van der Waals surface area contributed by atoms with Gasteiger partial charge in [-0.25, -0.2) is 0 Å². The van der Waals surface area contributed by atoms with Crippen LogP contribution in [0.1, 0.15) is 78.0 Å². The third-order valence-electron chi connectivity index (χ3n) is 7.00. The summed E-state index contributed by atoms with van der Waals surface area (Å²) >= 11 is 0. The van der Waals surface area contributed by atoms with Gasteiger partial charge in [-0.05, 0) is 88.2 Å². The normalized spacial score (nSPS) is 21.4. The Morgan fingerprint density at radius 3 is 1.78 bits per heavy atom. The van der Waals surface area contributed by atoms with Crippen molar-refractivity contribution in [2.45, 2.75) is 80.1 Å². The number of aromatic hydroxyl groups is 1. The summed E-state index contributed by atoms with van der Waals surface area (Å²) in [6, 6.07) is 4.33. The first-order valence-corrected chi connectivity index (χ1v) is 10.8. The van der Waals surface area contributed by atoms with E-state index in [0.717, 1.165) is 17.5 Å². The number of allylic oxidation sites excluding steroid dienone is 6. The first kappa shape index (κ1) is 33.1. The zero-order valence-electron chi connectivity index (χ0n) is 22.6. The smallest absolute Gasteiger partial charge is 0.507 e. The topological polar surface area (TPSA) is 20.2 Å². The van der Waals surface area contributed by atoms with E-state index in [9.17, 15) is 5.11 Å². The minimum absolute atomic E-state index is 0. The van der Waals surface area contributed by atoms with Crippen molar-refractivity contribution in [1.29, 1.82) is 0 Å². The van der Waals surface area contributed by atoms with Gasteiger partial charge in [0.1, 0.15) is 5.75 Å². The number of phenolic OH excluding ortho intramolecular Hbond substituents is 1. The summed E-state index contributed by atoms with van der Waals surface area (Å²) in [5.74, 6) is 2.50. The molecule has 1 saturated carbocycles. The molecule has 0 heterocycles. The number of rotatable bonds is 3. The summed E-state index contributed by atoms with van der Waals surface area (Å²) in [4.78, 5) is 0. The maximum Gasteiger partial charge on any atom is 3.00 e. The standard InChI is InChI=1S/C27H38O.3CH3.Ti/c1-16(2)22(20-13-23-18(4)9-10-19(5)24(23)14-20)15-21-11-17(3)12-25(26(21)28)27(6,7)8;;;;/h9-12,20,23-24,28H,13-15H2,1-8H3;3*1H3;/q;3*-1;+3. The monoisotopic (exact) mass is 471 g/mol. The molecule has 177 valence electrons.